The van der Waals surface area contributed by atoms with Crippen LogP contribution >= 0.6 is 0 Å². The van der Waals surface area contributed by atoms with Crippen LogP contribution in [0.5, 0.6) is 0 Å². The Bertz CT molecular complexity index is 138. The monoisotopic (exact) mass is 181 g/mol. The van der Waals surface area contributed by atoms with Crippen molar-refractivity contribution in [3.05, 3.63) is 0 Å². The Hall–Kier alpha value is -0.250. The van der Waals surface area contributed by atoms with E-state index in [1.54, 1.807) is 0 Å². The lowest BCUT2D eigenvalue weighted by molar-refractivity contribution is -0.180. The average molecular weight is 181 g/mol. The minimum Gasteiger partial charge on any atom is -0.292 e. The Morgan fingerprint density at radius 3 is 2.00 bits per heavy atom. The normalized spacial score (nSPS) is 24.0. The molecule has 0 saturated carbocycles. The lowest BCUT2D eigenvalue weighted by atomic mass is 10.1. The topological polar surface area (TPSA) is 3.24 Å². The van der Waals surface area contributed by atoms with Crippen LogP contribution in [0.15, 0.2) is 0 Å². The van der Waals surface area contributed by atoms with Crippen LogP contribution in [0.25, 0.3) is 0 Å². The first-order chi connectivity index (χ1) is 5.52. The van der Waals surface area contributed by atoms with Gasteiger partial charge in [0.2, 0.25) is 0 Å². The molecule has 0 bridgehead atoms. The van der Waals surface area contributed by atoms with E-state index >= 15 is 0 Å². The van der Waals surface area contributed by atoms with Crippen molar-refractivity contribution < 1.29 is 13.2 Å². The van der Waals surface area contributed by atoms with Gasteiger partial charge in [0, 0.05) is 0 Å². The smallest absolute Gasteiger partial charge is 0.292 e. The first-order valence-electron chi connectivity index (χ1n) is 4.32. The van der Waals surface area contributed by atoms with E-state index in [-0.39, 0.29) is 0 Å². The fourth-order valence-corrected chi connectivity index (χ4v) is 1.51. The van der Waals surface area contributed by atoms with E-state index < -0.39 is 12.2 Å². The summed E-state index contributed by atoms with van der Waals surface area (Å²) in [7, 11) is 0. The molecule has 0 aromatic heterocycles. The van der Waals surface area contributed by atoms with Crippen LogP contribution < -0.4 is 0 Å². The molecule has 72 valence electrons. The Morgan fingerprint density at radius 2 is 1.58 bits per heavy atom. The maximum absolute atomic E-state index is 12.2. The fraction of sp³-hybridized carbons (Fsp3) is 1.00. The van der Waals surface area contributed by atoms with Crippen molar-refractivity contribution in [2.45, 2.75) is 38.4 Å². The van der Waals surface area contributed by atoms with Gasteiger partial charge < -0.3 is 0 Å². The number of likely N-dealkylation sites (tertiary alicyclic amines) is 1. The highest BCUT2D eigenvalue weighted by molar-refractivity contribution is 4.76. The molecule has 1 aliphatic heterocycles. The van der Waals surface area contributed by atoms with Crippen LogP contribution in [0.4, 0.5) is 13.2 Å². The molecule has 0 spiro atoms. The van der Waals surface area contributed by atoms with Crippen LogP contribution in [0.1, 0.15) is 26.2 Å². The molecule has 0 aromatic rings. The molecule has 1 heterocycles. The summed E-state index contributed by atoms with van der Waals surface area (Å²) >= 11 is 0. The Labute approximate surface area is 70.5 Å². The highest BCUT2D eigenvalue weighted by Crippen LogP contribution is 2.26. The van der Waals surface area contributed by atoms with Crippen molar-refractivity contribution in [3.63, 3.8) is 0 Å². The highest BCUT2D eigenvalue weighted by atomic mass is 19.4. The molecule has 12 heavy (non-hydrogen) atoms. The van der Waals surface area contributed by atoms with Gasteiger partial charge in [-0.15, -0.1) is 0 Å². The lowest BCUT2D eigenvalue weighted by Crippen LogP contribution is -2.45. The van der Waals surface area contributed by atoms with E-state index in [1.807, 2.05) is 0 Å². The van der Waals surface area contributed by atoms with Gasteiger partial charge in [0.25, 0.3) is 0 Å². The SMILES string of the molecule is C[C@H](N1CCCCC1)C(F)(F)F. The van der Waals surface area contributed by atoms with Gasteiger partial charge in [-0.3, -0.25) is 4.90 Å². The summed E-state index contributed by atoms with van der Waals surface area (Å²) in [6.07, 6.45) is -1.18. The van der Waals surface area contributed by atoms with Crippen LogP contribution in [0.2, 0.25) is 0 Å². The maximum Gasteiger partial charge on any atom is 0.403 e. The number of halogens is 3. The number of alkyl halides is 3. The second-order valence-corrected chi connectivity index (χ2v) is 3.31. The van der Waals surface area contributed by atoms with E-state index in [4.69, 9.17) is 0 Å². The molecular weight excluding hydrogens is 167 g/mol. The molecule has 0 N–H and O–H groups in total. The first-order valence-corrected chi connectivity index (χ1v) is 4.32. The zero-order valence-corrected chi connectivity index (χ0v) is 7.19. The van der Waals surface area contributed by atoms with Crippen LogP contribution in [0.3, 0.4) is 0 Å². The van der Waals surface area contributed by atoms with Crippen LogP contribution in [0, 0.1) is 0 Å². The summed E-state index contributed by atoms with van der Waals surface area (Å²) < 4.78 is 36.6. The number of nitrogens with zero attached hydrogens (tertiary/aromatic N) is 1. The molecule has 1 fully saturated rings. The standard InChI is InChI=1S/C8H14F3N/c1-7(8(9,10)11)12-5-3-2-4-6-12/h7H,2-6H2,1H3/t7-/m0/s1. The van der Waals surface area contributed by atoms with E-state index in [1.165, 1.54) is 11.8 Å². The summed E-state index contributed by atoms with van der Waals surface area (Å²) in [4.78, 5) is 1.52. The summed E-state index contributed by atoms with van der Waals surface area (Å²) in [5, 5.41) is 0. The number of rotatable bonds is 1. The molecule has 1 rings (SSSR count). The van der Waals surface area contributed by atoms with E-state index in [2.05, 4.69) is 0 Å². The Balaban J connectivity index is 2.45. The molecule has 0 aliphatic carbocycles. The molecule has 1 nitrogen and oxygen atoms in total. The van der Waals surface area contributed by atoms with Crippen molar-refractivity contribution in [1.29, 1.82) is 0 Å². The van der Waals surface area contributed by atoms with E-state index in [9.17, 15) is 13.2 Å². The predicted octanol–water partition coefficient (Wildman–Crippen LogP) is 2.42. The number of piperidine rings is 1. The second kappa shape index (κ2) is 3.64. The third-order valence-electron chi connectivity index (χ3n) is 2.41. The Kier molecular flexibility index (Phi) is 2.99. The van der Waals surface area contributed by atoms with E-state index in [0.717, 1.165) is 19.3 Å². The minimum absolute atomic E-state index is 0.598. The lowest BCUT2D eigenvalue weighted by Gasteiger charge is -2.33. The summed E-state index contributed by atoms with van der Waals surface area (Å²) in [6, 6.07) is -1.27. The molecule has 0 radical (unpaired) electrons. The largest absolute Gasteiger partial charge is 0.403 e. The van der Waals surface area contributed by atoms with Gasteiger partial charge in [0.15, 0.2) is 0 Å². The highest BCUT2D eigenvalue weighted by Gasteiger charge is 2.39. The molecule has 0 unspecified atom stereocenters. The molecule has 4 heteroatoms. The molecule has 1 aliphatic rings. The molecule has 0 amide bonds. The fourth-order valence-electron chi connectivity index (χ4n) is 1.51. The number of hydrogen-bond acceptors (Lipinski definition) is 1. The van der Waals surface area contributed by atoms with Gasteiger partial charge >= 0.3 is 6.18 Å². The van der Waals surface area contributed by atoms with Crippen molar-refractivity contribution in [2.24, 2.45) is 0 Å². The number of hydrogen-bond donors (Lipinski definition) is 0. The molecule has 1 atom stereocenters. The van der Waals surface area contributed by atoms with Crippen molar-refractivity contribution >= 4 is 0 Å². The summed E-state index contributed by atoms with van der Waals surface area (Å²) in [5.74, 6) is 0. The summed E-state index contributed by atoms with van der Waals surface area (Å²) in [5.41, 5.74) is 0. The van der Waals surface area contributed by atoms with Gasteiger partial charge in [0.1, 0.15) is 6.04 Å². The van der Waals surface area contributed by atoms with Gasteiger partial charge in [-0.05, 0) is 32.9 Å². The quantitative estimate of drug-likeness (QED) is 0.600. The zero-order chi connectivity index (χ0) is 9.19. The summed E-state index contributed by atoms with van der Waals surface area (Å²) in [6.45, 7) is 2.44. The molecule has 0 aromatic carbocycles. The van der Waals surface area contributed by atoms with Gasteiger partial charge in [-0.2, -0.15) is 13.2 Å². The maximum atomic E-state index is 12.2. The average Bonchev–Trinajstić information content (AvgIpc) is 2.03. The minimum atomic E-state index is -4.06. The van der Waals surface area contributed by atoms with Crippen molar-refractivity contribution in [1.82, 2.24) is 4.90 Å². The van der Waals surface area contributed by atoms with Crippen LogP contribution in [-0.4, -0.2) is 30.2 Å². The predicted molar refractivity (Wildman–Crippen MR) is 40.9 cm³/mol. The Morgan fingerprint density at radius 1 is 1.08 bits per heavy atom. The second-order valence-electron chi connectivity index (χ2n) is 3.31. The first kappa shape index (κ1) is 9.84. The van der Waals surface area contributed by atoms with Gasteiger partial charge in [-0.1, -0.05) is 6.42 Å². The van der Waals surface area contributed by atoms with Crippen molar-refractivity contribution in [3.8, 4) is 0 Å². The third-order valence-corrected chi connectivity index (χ3v) is 2.41. The zero-order valence-electron chi connectivity index (χ0n) is 7.19. The van der Waals surface area contributed by atoms with Gasteiger partial charge in [0.05, 0.1) is 0 Å². The van der Waals surface area contributed by atoms with E-state index in [0.29, 0.717) is 13.1 Å². The van der Waals surface area contributed by atoms with Gasteiger partial charge in [-0.25, -0.2) is 0 Å². The third kappa shape index (κ3) is 2.37. The van der Waals surface area contributed by atoms with Crippen LogP contribution in [-0.2, 0) is 0 Å². The van der Waals surface area contributed by atoms with Crippen molar-refractivity contribution in [2.75, 3.05) is 13.1 Å². The molecular formula is C8H14F3N. The molecule has 1 saturated heterocycles.